The molecule has 1 fully saturated rings. The molecule has 0 radical (unpaired) electrons. The number of halogens is 1. The topological polar surface area (TPSA) is 69.6 Å². The fraction of sp³-hybridized carbons (Fsp3) is 0.529. The molecule has 5 nitrogen and oxygen atoms in total. The van der Waals surface area contributed by atoms with Crippen LogP contribution in [0.5, 0.6) is 0 Å². The summed E-state index contributed by atoms with van der Waals surface area (Å²) in [6.07, 6.45) is 0.869. The number of hydrogen-bond acceptors (Lipinski definition) is 3. The average Bonchev–Trinajstić information content (AvgIpc) is 2.88. The largest absolute Gasteiger partial charge is 0.394 e. The molecule has 1 aliphatic heterocycles. The van der Waals surface area contributed by atoms with Crippen LogP contribution >= 0.6 is 11.6 Å². The van der Waals surface area contributed by atoms with Crippen LogP contribution in [0.2, 0.25) is 5.02 Å². The maximum absolute atomic E-state index is 12.4. The number of nitrogens with zero attached hydrogens (tertiary/aromatic N) is 1. The van der Waals surface area contributed by atoms with Gasteiger partial charge < -0.3 is 15.3 Å². The van der Waals surface area contributed by atoms with Gasteiger partial charge in [0.15, 0.2) is 0 Å². The van der Waals surface area contributed by atoms with Crippen LogP contribution in [0.1, 0.15) is 26.7 Å². The van der Waals surface area contributed by atoms with Gasteiger partial charge in [-0.05, 0) is 24.5 Å². The fourth-order valence-corrected chi connectivity index (χ4v) is 3.09. The first-order chi connectivity index (χ1) is 10.9. The van der Waals surface area contributed by atoms with E-state index in [4.69, 9.17) is 11.6 Å². The van der Waals surface area contributed by atoms with Crippen molar-refractivity contribution in [3.05, 3.63) is 29.3 Å². The summed E-state index contributed by atoms with van der Waals surface area (Å²) in [5.74, 6) is -0.340. The standard InChI is InChI=1S/C17H23ClN2O3/c1-11(2)7-13(10-21)19-17(23)12-8-16(22)20(9-12)15-6-4-3-5-14(15)18/h3-6,11-13,21H,7-10H2,1-2H3,(H,19,23). The van der Waals surface area contributed by atoms with Gasteiger partial charge in [-0.25, -0.2) is 0 Å². The monoisotopic (exact) mass is 338 g/mol. The molecule has 0 spiro atoms. The number of carbonyl (C=O) groups excluding carboxylic acids is 2. The van der Waals surface area contributed by atoms with Crippen LogP contribution in [0.15, 0.2) is 24.3 Å². The molecule has 2 N–H and O–H groups in total. The maximum atomic E-state index is 12.4. The molecule has 2 rings (SSSR count). The Bertz CT molecular complexity index is 577. The third-order valence-corrected chi connectivity index (χ3v) is 4.28. The molecule has 1 aliphatic rings. The zero-order valence-corrected chi connectivity index (χ0v) is 14.2. The van der Waals surface area contributed by atoms with Crippen LogP contribution in [-0.2, 0) is 9.59 Å². The summed E-state index contributed by atoms with van der Waals surface area (Å²) < 4.78 is 0. The number of aliphatic hydroxyl groups is 1. The smallest absolute Gasteiger partial charge is 0.227 e. The highest BCUT2D eigenvalue weighted by Gasteiger charge is 2.36. The first-order valence-electron chi connectivity index (χ1n) is 7.88. The second-order valence-corrected chi connectivity index (χ2v) is 6.78. The zero-order chi connectivity index (χ0) is 17.0. The lowest BCUT2D eigenvalue weighted by Gasteiger charge is -2.21. The van der Waals surface area contributed by atoms with Crippen molar-refractivity contribution in [2.45, 2.75) is 32.7 Å². The highest BCUT2D eigenvalue weighted by Crippen LogP contribution is 2.31. The van der Waals surface area contributed by atoms with Gasteiger partial charge in [0.1, 0.15) is 0 Å². The highest BCUT2D eigenvalue weighted by atomic mass is 35.5. The van der Waals surface area contributed by atoms with E-state index in [-0.39, 0.29) is 30.9 Å². The minimum atomic E-state index is -0.417. The Balaban J connectivity index is 2.02. The van der Waals surface area contributed by atoms with Gasteiger partial charge in [0.2, 0.25) is 11.8 Å². The van der Waals surface area contributed by atoms with Crippen molar-refractivity contribution < 1.29 is 14.7 Å². The zero-order valence-electron chi connectivity index (χ0n) is 13.5. The summed E-state index contributed by atoms with van der Waals surface area (Å²) in [5, 5.41) is 12.7. The van der Waals surface area contributed by atoms with Crippen LogP contribution in [-0.4, -0.2) is 36.1 Å². The van der Waals surface area contributed by atoms with E-state index in [0.29, 0.717) is 29.6 Å². The van der Waals surface area contributed by atoms with Gasteiger partial charge in [-0.1, -0.05) is 37.6 Å². The third kappa shape index (κ3) is 4.45. The van der Waals surface area contributed by atoms with Crippen LogP contribution < -0.4 is 10.2 Å². The summed E-state index contributed by atoms with van der Waals surface area (Å²) >= 11 is 6.13. The van der Waals surface area contributed by atoms with E-state index in [9.17, 15) is 14.7 Å². The second-order valence-electron chi connectivity index (χ2n) is 6.37. The fourth-order valence-electron chi connectivity index (χ4n) is 2.85. The van der Waals surface area contributed by atoms with E-state index in [1.54, 1.807) is 23.1 Å². The normalized spacial score (nSPS) is 19.3. The number of para-hydroxylation sites is 1. The van der Waals surface area contributed by atoms with Gasteiger partial charge >= 0.3 is 0 Å². The second kappa shape index (κ2) is 7.79. The van der Waals surface area contributed by atoms with Crippen molar-refractivity contribution in [3.63, 3.8) is 0 Å². The molecule has 1 aromatic carbocycles. The van der Waals surface area contributed by atoms with Crippen molar-refractivity contribution in [1.82, 2.24) is 5.32 Å². The van der Waals surface area contributed by atoms with E-state index in [1.807, 2.05) is 19.9 Å². The lowest BCUT2D eigenvalue weighted by molar-refractivity contribution is -0.127. The number of amides is 2. The van der Waals surface area contributed by atoms with Gasteiger partial charge in [0, 0.05) is 13.0 Å². The van der Waals surface area contributed by atoms with Crippen LogP contribution in [0.3, 0.4) is 0 Å². The Kier molecular flexibility index (Phi) is 6.02. The van der Waals surface area contributed by atoms with E-state index >= 15 is 0 Å². The van der Waals surface area contributed by atoms with Gasteiger partial charge in [-0.2, -0.15) is 0 Å². The first kappa shape index (κ1) is 17.8. The highest BCUT2D eigenvalue weighted by molar-refractivity contribution is 6.33. The molecule has 0 aromatic heterocycles. The Morgan fingerprint density at radius 1 is 1.43 bits per heavy atom. The Morgan fingerprint density at radius 3 is 2.74 bits per heavy atom. The molecule has 0 aliphatic carbocycles. The van der Waals surface area contributed by atoms with Crippen LogP contribution in [0.25, 0.3) is 0 Å². The molecule has 1 heterocycles. The number of rotatable bonds is 6. The Labute approximate surface area is 141 Å². The summed E-state index contributed by atoms with van der Waals surface area (Å²) in [6.45, 7) is 4.28. The number of hydrogen-bond donors (Lipinski definition) is 2. The Morgan fingerprint density at radius 2 is 2.13 bits per heavy atom. The van der Waals surface area contributed by atoms with Gasteiger partial charge in [-0.3, -0.25) is 9.59 Å². The number of nitrogens with one attached hydrogen (secondary N) is 1. The molecule has 2 amide bonds. The lowest BCUT2D eigenvalue weighted by atomic mass is 10.0. The van der Waals surface area contributed by atoms with E-state index < -0.39 is 5.92 Å². The molecule has 2 unspecified atom stereocenters. The molecular formula is C17H23ClN2O3. The van der Waals surface area contributed by atoms with E-state index in [2.05, 4.69) is 5.32 Å². The number of carbonyl (C=O) groups is 2. The predicted molar refractivity (Wildman–Crippen MR) is 90.4 cm³/mol. The number of anilines is 1. The van der Waals surface area contributed by atoms with Crippen molar-refractivity contribution >= 4 is 29.1 Å². The summed E-state index contributed by atoms with van der Waals surface area (Å²) in [7, 11) is 0. The predicted octanol–water partition coefficient (Wildman–Crippen LogP) is 2.22. The van der Waals surface area contributed by atoms with Gasteiger partial charge in [0.25, 0.3) is 0 Å². The molecule has 6 heteroatoms. The molecule has 1 aromatic rings. The molecule has 126 valence electrons. The summed E-state index contributed by atoms with van der Waals surface area (Å²) in [6, 6.07) is 6.84. The van der Waals surface area contributed by atoms with Crippen LogP contribution in [0.4, 0.5) is 5.69 Å². The molecule has 0 saturated carbocycles. The minimum absolute atomic E-state index is 0.0984. The Hall–Kier alpha value is -1.59. The van der Waals surface area contributed by atoms with Crippen molar-refractivity contribution in [1.29, 1.82) is 0 Å². The minimum Gasteiger partial charge on any atom is -0.394 e. The van der Waals surface area contributed by atoms with E-state index in [1.165, 1.54) is 0 Å². The molecule has 0 bridgehead atoms. The number of benzene rings is 1. The lowest BCUT2D eigenvalue weighted by Crippen LogP contribution is -2.42. The quantitative estimate of drug-likeness (QED) is 0.835. The van der Waals surface area contributed by atoms with Gasteiger partial charge in [-0.15, -0.1) is 0 Å². The third-order valence-electron chi connectivity index (χ3n) is 3.96. The molecule has 23 heavy (non-hydrogen) atoms. The van der Waals surface area contributed by atoms with Gasteiger partial charge in [0.05, 0.1) is 29.3 Å². The van der Waals surface area contributed by atoms with Crippen LogP contribution in [0, 0.1) is 11.8 Å². The summed E-state index contributed by atoms with van der Waals surface area (Å²) in [5.41, 5.74) is 0.635. The average molecular weight is 339 g/mol. The maximum Gasteiger partial charge on any atom is 0.227 e. The summed E-state index contributed by atoms with van der Waals surface area (Å²) in [4.78, 5) is 26.1. The SMILES string of the molecule is CC(C)CC(CO)NC(=O)C1CC(=O)N(c2ccccc2Cl)C1. The number of aliphatic hydroxyl groups excluding tert-OH is 1. The molecular weight excluding hydrogens is 316 g/mol. The van der Waals surface area contributed by atoms with Crippen molar-refractivity contribution in [3.8, 4) is 0 Å². The van der Waals surface area contributed by atoms with E-state index in [0.717, 1.165) is 0 Å². The molecule has 2 atom stereocenters. The van der Waals surface area contributed by atoms with Crippen molar-refractivity contribution in [2.75, 3.05) is 18.1 Å². The molecule has 1 saturated heterocycles. The first-order valence-corrected chi connectivity index (χ1v) is 8.26. The van der Waals surface area contributed by atoms with Crippen molar-refractivity contribution in [2.24, 2.45) is 11.8 Å².